The molecular formula is C9H17NO3. The lowest BCUT2D eigenvalue weighted by molar-refractivity contribution is -0.138. The average molecular weight is 187 g/mol. The van der Waals surface area contributed by atoms with Crippen molar-refractivity contribution in [3.05, 3.63) is 0 Å². The minimum absolute atomic E-state index is 0.157. The van der Waals surface area contributed by atoms with Gasteiger partial charge in [0.2, 0.25) is 0 Å². The van der Waals surface area contributed by atoms with E-state index in [-0.39, 0.29) is 12.5 Å². The van der Waals surface area contributed by atoms with Crippen molar-refractivity contribution in [1.29, 1.82) is 0 Å². The van der Waals surface area contributed by atoms with E-state index in [0.717, 1.165) is 26.1 Å². The van der Waals surface area contributed by atoms with Crippen LogP contribution in [0.3, 0.4) is 0 Å². The van der Waals surface area contributed by atoms with Gasteiger partial charge in [0.05, 0.1) is 13.0 Å². The molecule has 0 amide bonds. The van der Waals surface area contributed by atoms with Gasteiger partial charge in [-0.15, -0.1) is 0 Å². The Morgan fingerprint density at radius 2 is 2.38 bits per heavy atom. The molecule has 1 aliphatic rings. The standard InChI is InChI=1S/C9H17NO3/c1-2-10-4-6-13-5-3-8(10)7-9(11)12/h8H,2-7H2,1H3,(H,11,12). The first-order chi connectivity index (χ1) is 6.24. The van der Waals surface area contributed by atoms with Crippen molar-refractivity contribution < 1.29 is 14.6 Å². The average Bonchev–Trinajstić information content (AvgIpc) is 2.28. The molecule has 76 valence electrons. The number of carboxylic acid groups (broad SMARTS) is 1. The molecule has 0 saturated carbocycles. The first-order valence-corrected chi connectivity index (χ1v) is 4.77. The van der Waals surface area contributed by atoms with Gasteiger partial charge in [0.1, 0.15) is 0 Å². The zero-order chi connectivity index (χ0) is 9.68. The second-order valence-corrected chi connectivity index (χ2v) is 3.28. The second-order valence-electron chi connectivity index (χ2n) is 3.28. The largest absolute Gasteiger partial charge is 0.481 e. The Balaban J connectivity index is 2.48. The second kappa shape index (κ2) is 5.19. The summed E-state index contributed by atoms with van der Waals surface area (Å²) in [6, 6.07) is 0.157. The van der Waals surface area contributed by atoms with Crippen molar-refractivity contribution in [3.8, 4) is 0 Å². The molecule has 1 aliphatic heterocycles. The number of nitrogens with zero attached hydrogens (tertiary/aromatic N) is 1. The number of carboxylic acids is 1. The molecule has 4 nitrogen and oxygen atoms in total. The fraction of sp³-hybridized carbons (Fsp3) is 0.889. The molecular weight excluding hydrogens is 170 g/mol. The number of hydrogen-bond acceptors (Lipinski definition) is 3. The summed E-state index contributed by atoms with van der Waals surface area (Å²) in [7, 11) is 0. The van der Waals surface area contributed by atoms with Crippen LogP contribution >= 0.6 is 0 Å². The molecule has 13 heavy (non-hydrogen) atoms. The molecule has 0 aromatic rings. The lowest BCUT2D eigenvalue weighted by atomic mass is 10.1. The van der Waals surface area contributed by atoms with Gasteiger partial charge in [-0.2, -0.15) is 0 Å². The Labute approximate surface area is 78.5 Å². The Morgan fingerprint density at radius 3 is 3.00 bits per heavy atom. The summed E-state index contributed by atoms with van der Waals surface area (Å²) < 4.78 is 5.30. The van der Waals surface area contributed by atoms with Gasteiger partial charge in [0, 0.05) is 19.2 Å². The molecule has 1 fully saturated rings. The Bertz CT molecular complexity index is 172. The van der Waals surface area contributed by atoms with Crippen LogP contribution in [0.2, 0.25) is 0 Å². The van der Waals surface area contributed by atoms with Crippen LogP contribution in [0.15, 0.2) is 0 Å². The SMILES string of the molecule is CCN1CCOCCC1CC(=O)O. The van der Waals surface area contributed by atoms with Crippen LogP contribution in [0.25, 0.3) is 0 Å². The highest BCUT2D eigenvalue weighted by molar-refractivity contribution is 5.67. The molecule has 1 heterocycles. The third-order valence-corrected chi connectivity index (χ3v) is 2.45. The Hall–Kier alpha value is -0.610. The summed E-state index contributed by atoms with van der Waals surface area (Å²) in [5.41, 5.74) is 0. The molecule has 0 aromatic heterocycles. The van der Waals surface area contributed by atoms with Crippen LogP contribution in [0.1, 0.15) is 19.8 Å². The van der Waals surface area contributed by atoms with Gasteiger partial charge in [-0.25, -0.2) is 0 Å². The number of hydrogen-bond donors (Lipinski definition) is 1. The zero-order valence-electron chi connectivity index (χ0n) is 8.03. The molecule has 0 aliphatic carbocycles. The smallest absolute Gasteiger partial charge is 0.304 e. The molecule has 1 unspecified atom stereocenters. The lowest BCUT2D eigenvalue weighted by Crippen LogP contribution is -2.37. The maximum atomic E-state index is 10.6. The molecule has 0 spiro atoms. The number of carbonyl (C=O) groups is 1. The van der Waals surface area contributed by atoms with Crippen molar-refractivity contribution in [2.75, 3.05) is 26.3 Å². The molecule has 4 heteroatoms. The maximum Gasteiger partial charge on any atom is 0.304 e. The summed E-state index contributed by atoms with van der Waals surface area (Å²) >= 11 is 0. The van der Waals surface area contributed by atoms with Crippen LogP contribution < -0.4 is 0 Å². The Morgan fingerprint density at radius 1 is 1.62 bits per heavy atom. The topological polar surface area (TPSA) is 49.8 Å². The van der Waals surface area contributed by atoms with E-state index in [1.165, 1.54) is 0 Å². The van der Waals surface area contributed by atoms with Gasteiger partial charge in [-0.3, -0.25) is 9.69 Å². The van der Waals surface area contributed by atoms with Gasteiger partial charge in [-0.05, 0) is 13.0 Å². The maximum absolute atomic E-state index is 10.6. The van der Waals surface area contributed by atoms with E-state index in [1.807, 2.05) is 0 Å². The summed E-state index contributed by atoms with van der Waals surface area (Å²) in [5.74, 6) is -0.717. The third kappa shape index (κ3) is 3.32. The highest BCUT2D eigenvalue weighted by Gasteiger charge is 2.21. The molecule has 1 rings (SSSR count). The summed E-state index contributed by atoms with van der Waals surface area (Å²) in [4.78, 5) is 12.8. The highest BCUT2D eigenvalue weighted by atomic mass is 16.5. The normalized spacial score (nSPS) is 25.5. The monoisotopic (exact) mass is 187 g/mol. The number of ether oxygens (including phenoxy) is 1. The number of likely N-dealkylation sites (N-methyl/N-ethyl adjacent to an activating group) is 1. The zero-order valence-corrected chi connectivity index (χ0v) is 8.03. The van der Waals surface area contributed by atoms with Crippen LogP contribution in [0.4, 0.5) is 0 Å². The van der Waals surface area contributed by atoms with Crippen molar-refractivity contribution in [3.63, 3.8) is 0 Å². The number of aliphatic carboxylic acids is 1. The summed E-state index contributed by atoms with van der Waals surface area (Å²) in [6.07, 6.45) is 1.07. The fourth-order valence-electron chi connectivity index (χ4n) is 1.72. The first-order valence-electron chi connectivity index (χ1n) is 4.77. The van der Waals surface area contributed by atoms with Gasteiger partial charge < -0.3 is 9.84 Å². The molecule has 1 N–H and O–H groups in total. The minimum atomic E-state index is -0.717. The van der Waals surface area contributed by atoms with E-state index < -0.39 is 5.97 Å². The van der Waals surface area contributed by atoms with E-state index in [2.05, 4.69) is 11.8 Å². The van der Waals surface area contributed by atoms with Gasteiger partial charge in [0.25, 0.3) is 0 Å². The molecule has 1 atom stereocenters. The van der Waals surface area contributed by atoms with E-state index in [1.54, 1.807) is 0 Å². The summed E-state index contributed by atoms with van der Waals surface area (Å²) in [5, 5.41) is 8.70. The summed E-state index contributed by atoms with van der Waals surface area (Å²) in [6.45, 7) is 5.23. The molecule has 1 saturated heterocycles. The van der Waals surface area contributed by atoms with E-state index in [0.29, 0.717) is 6.61 Å². The quantitative estimate of drug-likeness (QED) is 0.702. The van der Waals surface area contributed by atoms with Gasteiger partial charge in [0.15, 0.2) is 0 Å². The van der Waals surface area contributed by atoms with Crippen molar-refractivity contribution in [2.45, 2.75) is 25.8 Å². The fourth-order valence-corrected chi connectivity index (χ4v) is 1.72. The number of rotatable bonds is 3. The van der Waals surface area contributed by atoms with Crippen molar-refractivity contribution in [2.24, 2.45) is 0 Å². The van der Waals surface area contributed by atoms with Crippen molar-refractivity contribution in [1.82, 2.24) is 4.90 Å². The predicted molar refractivity (Wildman–Crippen MR) is 48.7 cm³/mol. The van der Waals surface area contributed by atoms with Crippen LogP contribution in [0, 0.1) is 0 Å². The van der Waals surface area contributed by atoms with Crippen LogP contribution in [-0.2, 0) is 9.53 Å². The van der Waals surface area contributed by atoms with E-state index in [4.69, 9.17) is 9.84 Å². The predicted octanol–water partition coefficient (Wildman–Crippen LogP) is 0.572. The lowest BCUT2D eigenvalue weighted by Gasteiger charge is -2.26. The molecule has 0 bridgehead atoms. The minimum Gasteiger partial charge on any atom is -0.481 e. The van der Waals surface area contributed by atoms with Crippen LogP contribution in [-0.4, -0.2) is 48.3 Å². The molecule has 0 aromatic carbocycles. The van der Waals surface area contributed by atoms with Gasteiger partial charge >= 0.3 is 5.97 Å². The van der Waals surface area contributed by atoms with E-state index >= 15 is 0 Å². The first kappa shape index (κ1) is 10.5. The highest BCUT2D eigenvalue weighted by Crippen LogP contribution is 2.12. The third-order valence-electron chi connectivity index (χ3n) is 2.45. The molecule has 0 radical (unpaired) electrons. The van der Waals surface area contributed by atoms with E-state index in [9.17, 15) is 4.79 Å². The van der Waals surface area contributed by atoms with Gasteiger partial charge in [-0.1, -0.05) is 6.92 Å². The van der Waals surface area contributed by atoms with Crippen LogP contribution in [0.5, 0.6) is 0 Å². The van der Waals surface area contributed by atoms with Crippen molar-refractivity contribution >= 4 is 5.97 Å². The Kier molecular flexibility index (Phi) is 4.18.